The first-order chi connectivity index (χ1) is 7.66. The number of aromatic amines is 1. The molecular formula is C9H7ClN4O2. The molecule has 1 aromatic heterocycles. The monoisotopic (exact) mass is 238 g/mol. The van der Waals surface area contributed by atoms with Crippen LogP contribution in [0.3, 0.4) is 0 Å². The number of hydrogen-bond donors (Lipinski definition) is 3. The van der Waals surface area contributed by atoms with E-state index in [9.17, 15) is 9.90 Å². The molecule has 1 amide bonds. The van der Waals surface area contributed by atoms with Crippen LogP contribution in [0.15, 0.2) is 24.4 Å². The molecule has 1 heterocycles. The van der Waals surface area contributed by atoms with Crippen molar-refractivity contribution in [3.05, 3.63) is 35.1 Å². The van der Waals surface area contributed by atoms with Gasteiger partial charge in [-0.3, -0.25) is 4.79 Å². The van der Waals surface area contributed by atoms with Crippen molar-refractivity contribution in [2.75, 3.05) is 5.32 Å². The summed E-state index contributed by atoms with van der Waals surface area (Å²) in [6.07, 6.45) is 1.30. The van der Waals surface area contributed by atoms with Crippen molar-refractivity contribution in [3.63, 3.8) is 0 Å². The van der Waals surface area contributed by atoms with E-state index in [0.717, 1.165) is 0 Å². The van der Waals surface area contributed by atoms with Crippen LogP contribution in [0.2, 0.25) is 5.02 Å². The van der Waals surface area contributed by atoms with Crippen LogP contribution in [0, 0.1) is 0 Å². The van der Waals surface area contributed by atoms with E-state index in [4.69, 9.17) is 11.6 Å². The third kappa shape index (κ3) is 2.12. The fraction of sp³-hybridized carbons (Fsp3) is 0. The zero-order valence-electron chi connectivity index (χ0n) is 7.94. The molecule has 0 aliphatic heterocycles. The second-order valence-electron chi connectivity index (χ2n) is 2.98. The lowest BCUT2D eigenvalue weighted by atomic mass is 10.3. The van der Waals surface area contributed by atoms with Gasteiger partial charge in [-0.05, 0) is 18.2 Å². The molecule has 0 saturated heterocycles. The summed E-state index contributed by atoms with van der Waals surface area (Å²) in [6, 6.07) is 4.36. The van der Waals surface area contributed by atoms with Gasteiger partial charge in [0, 0.05) is 5.69 Å². The summed E-state index contributed by atoms with van der Waals surface area (Å²) in [5, 5.41) is 21.4. The Morgan fingerprint density at radius 2 is 2.31 bits per heavy atom. The Morgan fingerprint density at radius 3 is 2.94 bits per heavy atom. The highest BCUT2D eigenvalue weighted by Crippen LogP contribution is 2.26. The molecule has 6 nitrogen and oxygen atoms in total. The molecule has 0 unspecified atom stereocenters. The zero-order valence-corrected chi connectivity index (χ0v) is 8.69. The number of carbonyl (C=O) groups is 1. The maximum atomic E-state index is 11.5. The van der Waals surface area contributed by atoms with Crippen molar-refractivity contribution < 1.29 is 9.90 Å². The fourth-order valence-electron chi connectivity index (χ4n) is 1.09. The molecule has 0 radical (unpaired) electrons. The number of anilines is 1. The molecule has 7 heteroatoms. The predicted octanol–water partition coefficient (Wildman–Crippen LogP) is 1.42. The molecule has 0 aliphatic carbocycles. The number of nitrogens with one attached hydrogen (secondary N) is 2. The van der Waals surface area contributed by atoms with Crippen LogP contribution < -0.4 is 5.32 Å². The van der Waals surface area contributed by atoms with Crippen molar-refractivity contribution in [1.82, 2.24) is 15.4 Å². The highest BCUT2D eigenvalue weighted by Gasteiger charge is 2.09. The zero-order chi connectivity index (χ0) is 11.5. The van der Waals surface area contributed by atoms with E-state index in [1.54, 1.807) is 0 Å². The third-order valence-corrected chi connectivity index (χ3v) is 2.16. The number of halogens is 1. The Bertz CT molecular complexity index is 512. The molecule has 2 aromatic rings. The summed E-state index contributed by atoms with van der Waals surface area (Å²) in [4.78, 5) is 11.5. The molecule has 0 bridgehead atoms. The number of phenolic OH excluding ortho intramolecular Hbond substituents is 1. The number of carbonyl (C=O) groups excluding carboxylic acids is 1. The quantitative estimate of drug-likeness (QED) is 0.690. The largest absolute Gasteiger partial charge is 0.506 e. The molecule has 1 aromatic carbocycles. The number of aromatic hydroxyl groups is 1. The lowest BCUT2D eigenvalue weighted by Crippen LogP contribution is -2.12. The number of rotatable bonds is 2. The van der Waals surface area contributed by atoms with Crippen LogP contribution in [0.25, 0.3) is 0 Å². The van der Waals surface area contributed by atoms with Gasteiger partial charge in [0.1, 0.15) is 5.75 Å². The molecule has 0 saturated carbocycles. The average molecular weight is 239 g/mol. The summed E-state index contributed by atoms with van der Waals surface area (Å²) >= 11 is 5.69. The van der Waals surface area contributed by atoms with Crippen LogP contribution in [0.5, 0.6) is 5.75 Å². The van der Waals surface area contributed by atoms with Crippen LogP contribution in [0.1, 0.15) is 10.5 Å². The number of hydrogen-bond acceptors (Lipinski definition) is 4. The highest BCUT2D eigenvalue weighted by atomic mass is 35.5. The molecule has 0 fully saturated rings. The van der Waals surface area contributed by atoms with E-state index >= 15 is 0 Å². The number of aromatic nitrogens is 3. The van der Waals surface area contributed by atoms with Gasteiger partial charge in [0.2, 0.25) is 0 Å². The lowest BCUT2D eigenvalue weighted by Gasteiger charge is -2.03. The molecule has 0 aliphatic rings. The van der Waals surface area contributed by atoms with E-state index in [2.05, 4.69) is 20.7 Å². The Balaban J connectivity index is 2.15. The first-order valence-corrected chi connectivity index (χ1v) is 4.70. The second kappa shape index (κ2) is 4.19. The average Bonchev–Trinajstić information content (AvgIpc) is 2.77. The maximum absolute atomic E-state index is 11.5. The van der Waals surface area contributed by atoms with Crippen molar-refractivity contribution in [2.24, 2.45) is 0 Å². The van der Waals surface area contributed by atoms with Crippen LogP contribution in [-0.2, 0) is 0 Å². The smallest absolute Gasteiger partial charge is 0.277 e. The SMILES string of the molecule is O=C(Nc1ccc(O)c(Cl)c1)c1cn[nH]n1. The molecular weight excluding hydrogens is 232 g/mol. The number of benzene rings is 1. The van der Waals surface area contributed by atoms with Crippen LogP contribution in [-0.4, -0.2) is 26.4 Å². The summed E-state index contributed by atoms with van der Waals surface area (Å²) < 4.78 is 0. The Kier molecular flexibility index (Phi) is 2.74. The van der Waals surface area contributed by atoms with Crippen molar-refractivity contribution in [3.8, 4) is 5.75 Å². The third-order valence-electron chi connectivity index (χ3n) is 1.85. The van der Waals surface area contributed by atoms with Crippen molar-refractivity contribution >= 4 is 23.2 Å². The van der Waals surface area contributed by atoms with E-state index in [0.29, 0.717) is 5.69 Å². The Hall–Kier alpha value is -2.08. The first-order valence-electron chi connectivity index (χ1n) is 4.32. The summed E-state index contributed by atoms with van der Waals surface area (Å²) in [7, 11) is 0. The van der Waals surface area contributed by atoms with Gasteiger partial charge in [-0.1, -0.05) is 11.6 Å². The van der Waals surface area contributed by atoms with Crippen molar-refractivity contribution in [1.29, 1.82) is 0 Å². The van der Waals surface area contributed by atoms with Crippen LogP contribution >= 0.6 is 11.6 Å². The minimum atomic E-state index is -0.407. The molecule has 0 atom stereocenters. The van der Waals surface area contributed by atoms with Gasteiger partial charge >= 0.3 is 0 Å². The van der Waals surface area contributed by atoms with E-state index < -0.39 is 5.91 Å². The minimum Gasteiger partial charge on any atom is -0.506 e. The topological polar surface area (TPSA) is 90.9 Å². The summed E-state index contributed by atoms with van der Waals surface area (Å²) in [6.45, 7) is 0. The van der Waals surface area contributed by atoms with Gasteiger partial charge in [0.15, 0.2) is 5.69 Å². The summed E-state index contributed by atoms with van der Waals surface area (Å²) in [5.41, 5.74) is 0.639. The van der Waals surface area contributed by atoms with E-state index in [1.807, 2.05) is 0 Å². The molecule has 16 heavy (non-hydrogen) atoms. The van der Waals surface area contributed by atoms with E-state index in [-0.39, 0.29) is 16.5 Å². The van der Waals surface area contributed by atoms with Crippen molar-refractivity contribution in [2.45, 2.75) is 0 Å². The fourth-order valence-corrected chi connectivity index (χ4v) is 1.27. The van der Waals surface area contributed by atoms with Gasteiger partial charge in [-0.25, -0.2) is 0 Å². The lowest BCUT2D eigenvalue weighted by molar-refractivity contribution is 0.102. The van der Waals surface area contributed by atoms with Gasteiger partial charge in [-0.15, -0.1) is 0 Å². The van der Waals surface area contributed by atoms with Gasteiger partial charge in [0.25, 0.3) is 5.91 Å². The molecule has 3 N–H and O–H groups in total. The number of amides is 1. The number of H-pyrrole nitrogens is 1. The first kappa shape index (κ1) is 10.4. The Labute approximate surface area is 95.2 Å². The van der Waals surface area contributed by atoms with Crippen LogP contribution in [0.4, 0.5) is 5.69 Å². The number of phenols is 1. The maximum Gasteiger partial charge on any atom is 0.277 e. The normalized spacial score (nSPS) is 10.1. The number of nitrogens with zero attached hydrogens (tertiary/aromatic N) is 2. The standard InChI is InChI=1S/C9H7ClN4O2/c10-6-3-5(1-2-8(6)15)12-9(16)7-4-11-14-13-7/h1-4,15H,(H,12,16)(H,11,13,14). The van der Waals surface area contributed by atoms with Gasteiger partial charge in [-0.2, -0.15) is 15.4 Å². The second-order valence-corrected chi connectivity index (χ2v) is 3.38. The highest BCUT2D eigenvalue weighted by molar-refractivity contribution is 6.32. The minimum absolute atomic E-state index is 0.0406. The summed E-state index contributed by atoms with van der Waals surface area (Å²) in [5.74, 6) is -0.448. The van der Waals surface area contributed by atoms with E-state index in [1.165, 1.54) is 24.4 Å². The molecule has 0 spiro atoms. The van der Waals surface area contributed by atoms with Gasteiger partial charge < -0.3 is 10.4 Å². The molecule has 82 valence electrons. The predicted molar refractivity (Wildman–Crippen MR) is 57.5 cm³/mol. The molecule has 2 rings (SSSR count). The Morgan fingerprint density at radius 1 is 1.50 bits per heavy atom. The van der Waals surface area contributed by atoms with Gasteiger partial charge in [0.05, 0.1) is 11.2 Å².